The molecule has 1 atom stereocenters. The van der Waals surface area contributed by atoms with Gasteiger partial charge in [-0.05, 0) is 40.9 Å². The average molecular weight is 473 g/mol. The highest BCUT2D eigenvalue weighted by Gasteiger charge is 2.29. The normalized spacial score (nSPS) is 16.5. The topological polar surface area (TPSA) is 128 Å². The number of anilines is 2. The Labute approximate surface area is 181 Å². The minimum absolute atomic E-state index is 0.224. The molecule has 3 heterocycles. The maximum Gasteiger partial charge on any atom is 0.421 e. The highest BCUT2D eigenvalue weighted by atomic mass is 79.9. The Bertz CT molecular complexity index is 1090. The number of benzene rings is 1. The van der Waals surface area contributed by atoms with E-state index in [4.69, 9.17) is 5.84 Å². The van der Waals surface area contributed by atoms with Gasteiger partial charge in [-0.15, -0.1) is 0 Å². The maximum absolute atomic E-state index is 12.7. The van der Waals surface area contributed by atoms with Crippen molar-refractivity contribution in [3.05, 3.63) is 52.8 Å². The number of aromatic amines is 1. The van der Waals surface area contributed by atoms with Gasteiger partial charge in [-0.1, -0.05) is 18.2 Å². The summed E-state index contributed by atoms with van der Waals surface area (Å²) in [7, 11) is 0. The number of fused-ring (bicyclic) bond motifs is 1. The van der Waals surface area contributed by atoms with Crippen molar-refractivity contribution < 1.29 is 14.7 Å². The van der Waals surface area contributed by atoms with Crippen LogP contribution in [0.3, 0.4) is 0 Å². The SMILES string of the molecule is NN(C(=O)O)[C@@H]1CCCN(c2c(Br)cnc3[nH]cc(NC(=O)c4ccccc4)c23)C1. The van der Waals surface area contributed by atoms with Gasteiger partial charge >= 0.3 is 6.09 Å². The van der Waals surface area contributed by atoms with Crippen LogP contribution in [0.1, 0.15) is 23.2 Å². The van der Waals surface area contributed by atoms with Crippen LogP contribution in [0.25, 0.3) is 11.0 Å². The molecule has 0 saturated carbocycles. The van der Waals surface area contributed by atoms with Crippen molar-refractivity contribution in [3.63, 3.8) is 0 Å². The first-order valence-electron chi connectivity index (χ1n) is 9.49. The number of carboxylic acid groups (broad SMARTS) is 1. The van der Waals surface area contributed by atoms with Gasteiger partial charge < -0.3 is 20.3 Å². The number of amides is 2. The number of halogens is 1. The molecule has 2 aromatic heterocycles. The number of nitrogens with zero attached hydrogens (tertiary/aromatic N) is 3. The van der Waals surface area contributed by atoms with Gasteiger partial charge in [-0.3, -0.25) is 4.79 Å². The second kappa shape index (κ2) is 8.33. The van der Waals surface area contributed by atoms with Gasteiger partial charge in [0.15, 0.2) is 0 Å². The van der Waals surface area contributed by atoms with Crippen molar-refractivity contribution >= 4 is 50.3 Å². The van der Waals surface area contributed by atoms with Crippen LogP contribution in [0.5, 0.6) is 0 Å². The van der Waals surface area contributed by atoms with Gasteiger partial charge in [0.25, 0.3) is 5.91 Å². The molecule has 0 aliphatic carbocycles. The fourth-order valence-electron chi connectivity index (χ4n) is 3.79. The third-order valence-electron chi connectivity index (χ3n) is 5.24. The summed E-state index contributed by atoms with van der Waals surface area (Å²) < 4.78 is 0.754. The largest absolute Gasteiger partial charge is 0.464 e. The smallest absolute Gasteiger partial charge is 0.421 e. The zero-order chi connectivity index (χ0) is 21.3. The van der Waals surface area contributed by atoms with E-state index in [1.165, 1.54) is 0 Å². The highest BCUT2D eigenvalue weighted by molar-refractivity contribution is 9.10. The number of nitrogens with one attached hydrogen (secondary N) is 2. The Morgan fingerprint density at radius 2 is 2.10 bits per heavy atom. The zero-order valence-electron chi connectivity index (χ0n) is 16.0. The van der Waals surface area contributed by atoms with Crippen LogP contribution in [0.15, 0.2) is 47.2 Å². The fraction of sp³-hybridized carbons (Fsp3) is 0.250. The fourth-order valence-corrected chi connectivity index (χ4v) is 4.34. The third-order valence-corrected chi connectivity index (χ3v) is 5.82. The van der Waals surface area contributed by atoms with E-state index in [1.807, 2.05) is 18.2 Å². The van der Waals surface area contributed by atoms with Gasteiger partial charge in [0.2, 0.25) is 0 Å². The molecule has 2 amide bonds. The summed E-state index contributed by atoms with van der Waals surface area (Å²) in [5, 5.41) is 13.8. The number of carbonyl (C=O) groups excluding carboxylic acids is 1. The van der Waals surface area contributed by atoms with Crippen molar-refractivity contribution in [2.24, 2.45) is 5.84 Å². The summed E-state index contributed by atoms with van der Waals surface area (Å²) in [6, 6.07) is 8.64. The molecule has 3 aromatic rings. The second-order valence-corrected chi connectivity index (χ2v) is 7.99. The second-order valence-electron chi connectivity index (χ2n) is 7.13. The summed E-state index contributed by atoms with van der Waals surface area (Å²) >= 11 is 3.58. The number of hydrogen-bond acceptors (Lipinski definition) is 5. The Balaban J connectivity index is 1.70. The molecular weight excluding hydrogens is 452 g/mol. The van der Waals surface area contributed by atoms with Crippen molar-refractivity contribution in [1.82, 2.24) is 15.0 Å². The summed E-state index contributed by atoms with van der Waals surface area (Å²) in [6.45, 7) is 1.18. The number of pyridine rings is 1. The number of carbonyl (C=O) groups is 2. The van der Waals surface area contributed by atoms with Gasteiger partial charge in [0, 0.05) is 31.0 Å². The van der Waals surface area contributed by atoms with Crippen LogP contribution >= 0.6 is 15.9 Å². The first kappa shape index (κ1) is 20.2. The van der Waals surface area contributed by atoms with Gasteiger partial charge in [-0.25, -0.2) is 20.6 Å². The zero-order valence-corrected chi connectivity index (χ0v) is 17.6. The Morgan fingerprint density at radius 3 is 2.83 bits per heavy atom. The first-order chi connectivity index (χ1) is 14.5. The number of rotatable bonds is 4. The predicted octanol–water partition coefficient (Wildman–Crippen LogP) is 3.40. The van der Waals surface area contributed by atoms with E-state index in [-0.39, 0.29) is 11.9 Å². The number of piperidine rings is 1. The molecule has 156 valence electrons. The Morgan fingerprint density at radius 1 is 1.33 bits per heavy atom. The lowest BCUT2D eigenvalue weighted by molar-refractivity contribution is 0.102. The molecule has 1 saturated heterocycles. The molecule has 1 aromatic carbocycles. The quantitative estimate of drug-likeness (QED) is 0.261. The minimum atomic E-state index is -1.15. The summed E-state index contributed by atoms with van der Waals surface area (Å²) in [5.41, 5.74) is 2.62. The predicted molar refractivity (Wildman–Crippen MR) is 117 cm³/mol. The number of hydrazine groups is 1. The van der Waals surface area contributed by atoms with Crippen LogP contribution in [-0.4, -0.2) is 51.2 Å². The molecule has 4 rings (SSSR count). The molecule has 0 bridgehead atoms. The van der Waals surface area contributed by atoms with Crippen molar-refractivity contribution in [3.8, 4) is 0 Å². The molecule has 0 unspecified atom stereocenters. The Hall–Kier alpha value is -3.11. The minimum Gasteiger partial charge on any atom is -0.464 e. The number of nitrogens with two attached hydrogens (primary N) is 1. The van der Waals surface area contributed by atoms with E-state index in [0.29, 0.717) is 29.9 Å². The van der Waals surface area contributed by atoms with Crippen LogP contribution in [0.4, 0.5) is 16.2 Å². The maximum atomic E-state index is 12.7. The number of aromatic nitrogens is 2. The molecule has 5 N–H and O–H groups in total. The first-order valence-corrected chi connectivity index (χ1v) is 10.3. The van der Waals surface area contributed by atoms with Gasteiger partial charge in [0.05, 0.1) is 27.3 Å². The monoisotopic (exact) mass is 472 g/mol. The molecule has 1 aliphatic rings. The average Bonchev–Trinajstić information content (AvgIpc) is 3.16. The summed E-state index contributed by atoms with van der Waals surface area (Å²) in [5.74, 6) is 5.52. The number of hydrogen-bond donors (Lipinski definition) is 4. The van der Waals surface area contributed by atoms with Crippen molar-refractivity contribution in [1.29, 1.82) is 0 Å². The number of H-pyrrole nitrogens is 1. The van der Waals surface area contributed by atoms with Crippen molar-refractivity contribution in [2.45, 2.75) is 18.9 Å². The van der Waals surface area contributed by atoms with Crippen LogP contribution < -0.4 is 16.1 Å². The van der Waals surface area contributed by atoms with E-state index >= 15 is 0 Å². The lowest BCUT2D eigenvalue weighted by Gasteiger charge is -2.38. The van der Waals surface area contributed by atoms with E-state index in [1.54, 1.807) is 24.5 Å². The molecular formula is C20H21BrN6O3. The molecule has 10 heteroatoms. The summed E-state index contributed by atoms with van der Waals surface area (Å²) in [6.07, 6.45) is 3.73. The van der Waals surface area contributed by atoms with E-state index in [0.717, 1.165) is 33.5 Å². The molecule has 1 aliphatic heterocycles. The summed E-state index contributed by atoms with van der Waals surface area (Å²) in [4.78, 5) is 33.6. The Kier molecular flexibility index (Phi) is 5.60. The lowest BCUT2D eigenvalue weighted by atomic mass is 10.0. The standard InChI is InChI=1S/C20H21BrN6O3/c21-14-9-23-18-16(15(10-24-18)25-19(28)12-5-2-1-3-6-12)17(14)26-8-4-7-13(11-26)27(22)20(29)30/h1-3,5-6,9-10,13H,4,7-8,11,22H2,(H,23,24)(H,25,28)(H,29,30)/t13-/m1/s1. The van der Waals surface area contributed by atoms with E-state index in [9.17, 15) is 14.7 Å². The van der Waals surface area contributed by atoms with Crippen LogP contribution in [-0.2, 0) is 0 Å². The van der Waals surface area contributed by atoms with Gasteiger partial charge in [0.1, 0.15) is 5.65 Å². The highest BCUT2D eigenvalue weighted by Crippen LogP contribution is 2.39. The molecule has 30 heavy (non-hydrogen) atoms. The van der Waals surface area contributed by atoms with Crippen LogP contribution in [0, 0.1) is 0 Å². The van der Waals surface area contributed by atoms with Crippen molar-refractivity contribution in [2.75, 3.05) is 23.3 Å². The lowest BCUT2D eigenvalue weighted by Crippen LogP contribution is -2.53. The molecule has 9 nitrogen and oxygen atoms in total. The third kappa shape index (κ3) is 3.83. The molecule has 0 spiro atoms. The van der Waals surface area contributed by atoms with E-state index < -0.39 is 6.09 Å². The van der Waals surface area contributed by atoms with E-state index in [2.05, 4.69) is 36.1 Å². The molecule has 1 fully saturated rings. The van der Waals surface area contributed by atoms with Crippen LogP contribution in [0.2, 0.25) is 0 Å². The van der Waals surface area contributed by atoms with Gasteiger partial charge in [-0.2, -0.15) is 0 Å². The molecule has 0 radical (unpaired) electrons.